The Morgan fingerprint density at radius 1 is 1.46 bits per heavy atom. The molecular formula is C11H13ClO. The Hall–Kier alpha value is -0.530. The van der Waals surface area contributed by atoms with Crippen molar-refractivity contribution in [3.8, 4) is 0 Å². The zero-order valence-electron chi connectivity index (χ0n) is 7.72. The van der Waals surface area contributed by atoms with Gasteiger partial charge in [0.15, 0.2) is 0 Å². The molecule has 0 atom stereocenters. The highest BCUT2D eigenvalue weighted by molar-refractivity contribution is 6.31. The van der Waals surface area contributed by atoms with E-state index in [0.29, 0.717) is 6.61 Å². The van der Waals surface area contributed by atoms with Gasteiger partial charge in [-0.25, -0.2) is 0 Å². The van der Waals surface area contributed by atoms with E-state index in [1.54, 1.807) is 7.11 Å². The third-order valence-corrected chi connectivity index (χ3v) is 2.78. The van der Waals surface area contributed by atoms with Crippen LogP contribution in [0.15, 0.2) is 18.2 Å². The highest BCUT2D eigenvalue weighted by atomic mass is 35.5. The lowest BCUT2D eigenvalue weighted by Gasteiger charge is -2.05. The molecule has 1 nitrogen and oxygen atoms in total. The highest BCUT2D eigenvalue weighted by Crippen LogP contribution is 2.41. The van der Waals surface area contributed by atoms with Gasteiger partial charge in [0.05, 0.1) is 6.61 Å². The van der Waals surface area contributed by atoms with Gasteiger partial charge in [0.25, 0.3) is 0 Å². The Morgan fingerprint density at radius 2 is 2.23 bits per heavy atom. The predicted molar refractivity (Wildman–Crippen MR) is 54.1 cm³/mol. The highest BCUT2D eigenvalue weighted by Gasteiger charge is 2.23. The molecule has 0 saturated heterocycles. The van der Waals surface area contributed by atoms with Crippen LogP contribution in [0.5, 0.6) is 0 Å². The molecule has 0 unspecified atom stereocenters. The first-order chi connectivity index (χ1) is 6.31. The quantitative estimate of drug-likeness (QED) is 0.721. The standard InChI is InChI=1S/C11H13ClO/c1-13-7-10-5-4-9(6-11(10)12)8-2-3-8/h4-6,8H,2-3,7H2,1H3. The lowest BCUT2D eigenvalue weighted by molar-refractivity contribution is 0.185. The Kier molecular flexibility index (Phi) is 2.56. The van der Waals surface area contributed by atoms with Gasteiger partial charge in [0.1, 0.15) is 0 Å². The first-order valence-electron chi connectivity index (χ1n) is 4.58. The lowest BCUT2D eigenvalue weighted by atomic mass is 10.1. The first kappa shape index (κ1) is 9.04. The molecule has 0 bridgehead atoms. The fourth-order valence-corrected chi connectivity index (χ4v) is 1.75. The lowest BCUT2D eigenvalue weighted by Crippen LogP contribution is -1.90. The van der Waals surface area contributed by atoms with Gasteiger partial charge in [-0.05, 0) is 36.0 Å². The molecule has 0 radical (unpaired) electrons. The summed E-state index contributed by atoms with van der Waals surface area (Å²) in [7, 11) is 1.69. The molecule has 0 heterocycles. The molecule has 0 aliphatic heterocycles. The molecule has 1 aliphatic carbocycles. The maximum atomic E-state index is 6.10. The van der Waals surface area contributed by atoms with Crippen molar-refractivity contribution >= 4 is 11.6 Å². The second-order valence-electron chi connectivity index (χ2n) is 3.56. The van der Waals surface area contributed by atoms with Crippen LogP contribution in [0.4, 0.5) is 0 Å². The molecule has 0 spiro atoms. The topological polar surface area (TPSA) is 9.23 Å². The number of benzene rings is 1. The van der Waals surface area contributed by atoms with Crippen LogP contribution in [-0.4, -0.2) is 7.11 Å². The van der Waals surface area contributed by atoms with E-state index in [1.165, 1.54) is 18.4 Å². The van der Waals surface area contributed by atoms with Gasteiger partial charge in [0, 0.05) is 12.1 Å². The summed E-state index contributed by atoms with van der Waals surface area (Å²) in [5.74, 6) is 0.772. The molecule has 70 valence electrons. The van der Waals surface area contributed by atoms with Crippen LogP contribution < -0.4 is 0 Å². The first-order valence-corrected chi connectivity index (χ1v) is 4.96. The normalized spacial score (nSPS) is 16.2. The monoisotopic (exact) mass is 196 g/mol. The van der Waals surface area contributed by atoms with Crippen molar-refractivity contribution < 1.29 is 4.74 Å². The van der Waals surface area contributed by atoms with Crippen LogP contribution in [0.1, 0.15) is 29.9 Å². The van der Waals surface area contributed by atoms with Crippen LogP contribution in [0.2, 0.25) is 5.02 Å². The second-order valence-corrected chi connectivity index (χ2v) is 3.97. The molecule has 2 heteroatoms. The minimum atomic E-state index is 0.601. The summed E-state index contributed by atoms with van der Waals surface area (Å²) >= 11 is 6.10. The molecule has 1 fully saturated rings. The molecule has 0 aromatic heterocycles. The molecule has 1 aromatic rings. The van der Waals surface area contributed by atoms with Gasteiger partial charge in [-0.1, -0.05) is 23.7 Å². The largest absolute Gasteiger partial charge is 0.380 e. The maximum Gasteiger partial charge on any atom is 0.0727 e. The van der Waals surface area contributed by atoms with Gasteiger partial charge in [0.2, 0.25) is 0 Å². The van der Waals surface area contributed by atoms with E-state index in [0.717, 1.165) is 16.5 Å². The van der Waals surface area contributed by atoms with E-state index < -0.39 is 0 Å². The van der Waals surface area contributed by atoms with Crippen LogP contribution in [0.3, 0.4) is 0 Å². The third kappa shape index (κ3) is 2.04. The van der Waals surface area contributed by atoms with E-state index in [9.17, 15) is 0 Å². The number of hydrogen-bond acceptors (Lipinski definition) is 1. The molecule has 1 saturated carbocycles. The van der Waals surface area contributed by atoms with Crippen molar-refractivity contribution in [3.05, 3.63) is 34.3 Å². The summed E-state index contributed by atoms with van der Waals surface area (Å²) in [6.07, 6.45) is 2.64. The number of methoxy groups -OCH3 is 1. The Labute approximate surface area is 83.7 Å². The Morgan fingerprint density at radius 3 is 2.77 bits per heavy atom. The van der Waals surface area contributed by atoms with Gasteiger partial charge >= 0.3 is 0 Å². The van der Waals surface area contributed by atoms with E-state index in [4.69, 9.17) is 16.3 Å². The van der Waals surface area contributed by atoms with E-state index >= 15 is 0 Å². The number of hydrogen-bond donors (Lipinski definition) is 0. The fourth-order valence-electron chi connectivity index (χ4n) is 1.51. The fraction of sp³-hybridized carbons (Fsp3) is 0.455. The summed E-state index contributed by atoms with van der Waals surface area (Å²) < 4.78 is 5.04. The van der Waals surface area contributed by atoms with Crippen LogP contribution >= 0.6 is 11.6 Å². The molecule has 1 aliphatic rings. The molecule has 0 N–H and O–H groups in total. The van der Waals surface area contributed by atoms with Crippen LogP contribution in [-0.2, 0) is 11.3 Å². The number of ether oxygens (including phenoxy) is 1. The van der Waals surface area contributed by atoms with Crippen LogP contribution in [0, 0.1) is 0 Å². The molecule has 1 aromatic carbocycles. The van der Waals surface area contributed by atoms with E-state index in [-0.39, 0.29) is 0 Å². The zero-order chi connectivity index (χ0) is 9.26. The Bertz CT molecular complexity index is 305. The van der Waals surface area contributed by atoms with Gasteiger partial charge in [-0.3, -0.25) is 0 Å². The van der Waals surface area contributed by atoms with Gasteiger partial charge in [-0.15, -0.1) is 0 Å². The van der Waals surface area contributed by atoms with Gasteiger partial charge < -0.3 is 4.74 Å². The van der Waals surface area contributed by atoms with Crippen molar-refractivity contribution in [1.29, 1.82) is 0 Å². The van der Waals surface area contributed by atoms with E-state index in [1.807, 2.05) is 0 Å². The predicted octanol–water partition coefficient (Wildman–Crippen LogP) is 3.36. The maximum absolute atomic E-state index is 6.10. The number of halogens is 1. The second kappa shape index (κ2) is 3.69. The van der Waals surface area contributed by atoms with Crippen molar-refractivity contribution in [2.75, 3.05) is 7.11 Å². The smallest absolute Gasteiger partial charge is 0.0727 e. The summed E-state index contributed by atoms with van der Waals surface area (Å²) in [5, 5.41) is 0.839. The van der Waals surface area contributed by atoms with E-state index in [2.05, 4.69) is 18.2 Å². The van der Waals surface area contributed by atoms with Gasteiger partial charge in [-0.2, -0.15) is 0 Å². The van der Waals surface area contributed by atoms with Crippen molar-refractivity contribution in [3.63, 3.8) is 0 Å². The summed E-state index contributed by atoms with van der Waals surface area (Å²) in [6, 6.07) is 6.31. The molecular weight excluding hydrogens is 184 g/mol. The summed E-state index contributed by atoms with van der Waals surface area (Å²) in [4.78, 5) is 0. The molecule has 2 rings (SSSR count). The minimum Gasteiger partial charge on any atom is -0.380 e. The SMILES string of the molecule is COCc1ccc(C2CC2)cc1Cl. The zero-order valence-corrected chi connectivity index (χ0v) is 8.47. The number of rotatable bonds is 3. The van der Waals surface area contributed by atoms with Crippen LogP contribution in [0.25, 0.3) is 0 Å². The Balaban J connectivity index is 2.21. The molecule has 13 heavy (non-hydrogen) atoms. The minimum absolute atomic E-state index is 0.601. The van der Waals surface area contributed by atoms with Crippen molar-refractivity contribution in [2.24, 2.45) is 0 Å². The molecule has 0 amide bonds. The average Bonchev–Trinajstić information content (AvgIpc) is 2.91. The van der Waals surface area contributed by atoms with Crippen molar-refractivity contribution in [1.82, 2.24) is 0 Å². The van der Waals surface area contributed by atoms with Crippen molar-refractivity contribution in [2.45, 2.75) is 25.4 Å². The summed E-state index contributed by atoms with van der Waals surface area (Å²) in [6.45, 7) is 0.601. The summed E-state index contributed by atoms with van der Waals surface area (Å²) in [5.41, 5.74) is 2.46. The third-order valence-electron chi connectivity index (χ3n) is 2.43. The average molecular weight is 197 g/mol.